The van der Waals surface area contributed by atoms with Gasteiger partial charge >= 0.3 is 59.1 Å². The first-order valence-corrected chi connectivity index (χ1v) is 6.29. The summed E-state index contributed by atoms with van der Waals surface area (Å²) >= 11 is 0. The first-order valence-electron chi connectivity index (χ1n) is 4.81. The molecule has 0 radical (unpaired) electrons. The van der Waals surface area contributed by atoms with Gasteiger partial charge < -0.3 is 19.8 Å². The molecule has 1 aromatic carbocycles. The number of carbonyl (C=O) groups is 2. The summed E-state index contributed by atoms with van der Waals surface area (Å²) in [6.07, 6.45) is -1.01. The third kappa shape index (κ3) is 7.19. The maximum Gasteiger partial charge on any atom is 1.00 e. The van der Waals surface area contributed by atoms with Crippen molar-refractivity contribution in [2.75, 3.05) is 0 Å². The molecule has 0 aliphatic carbocycles. The van der Waals surface area contributed by atoms with E-state index in [2.05, 4.69) is 0 Å². The van der Waals surface area contributed by atoms with E-state index in [1.807, 2.05) is 0 Å². The molecule has 0 aliphatic heterocycles. The minimum Gasteiger partial charge on any atom is -0.550 e. The molecule has 7 nitrogen and oxygen atoms in total. The van der Waals surface area contributed by atoms with Crippen molar-refractivity contribution in [2.45, 2.75) is 17.4 Å². The Bertz CT molecular complexity index is 548. The van der Waals surface area contributed by atoms with Gasteiger partial charge in [-0.15, -0.1) is 0 Å². The number of rotatable bonds is 6. The molecule has 98 valence electrons. The maximum absolute atomic E-state index is 11.7. The Balaban J connectivity index is 0. The van der Waals surface area contributed by atoms with Gasteiger partial charge in [0.25, 0.3) is 0 Å². The number of benzene rings is 1. The fraction of sp³-hybridized carbons (Fsp3) is 0.200. The number of hydrogen-bond donors (Lipinski definition) is 1. The van der Waals surface area contributed by atoms with Crippen molar-refractivity contribution in [3.05, 3.63) is 30.3 Å². The summed E-state index contributed by atoms with van der Waals surface area (Å²) in [7, 11) is -4.11. The smallest absolute Gasteiger partial charge is 0.550 e. The monoisotopic (exact) mass is 317 g/mol. The Hall–Kier alpha value is 0.0700. The predicted octanol–water partition coefficient (Wildman–Crippen LogP) is -8.77. The van der Waals surface area contributed by atoms with Crippen LogP contribution in [0, 0.1) is 0 Å². The van der Waals surface area contributed by atoms with E-state index < -0.39 is 34.4 Å². The number of sulfonamides is 1. The van der Waals surface area contributed by atoms with Crippen LogP contribution in [0.5, 0.6) is 0 Å². The molecular weight excluding hydrogens is 308 g/mol. The van der Waals surface area contributed by atoms with Crippen LogP contribution in [0.4, 0.5) is 0 Å². The first kappa shape index (κ1) is 22.4. The van der Waals surface area contributed by atoms with Gasteiger partial charge in [0.2, 0.25) is 10.0 Å². The number of hydrogen-bond acceptors (Lipinski definition) is 6. The summed E-state index contributed by atoms with van der Waals surface area (Å²) in [4.78, 5) is 20.7. The van der Waals surface area contributed by atoms with E-state index in [-0.39, 0.29) is 64.0 Å². The molecule has 0 saturated heterocycles. The average molecular weight is 317 g/mol. The maximum atomic E-state index is 11.7. The van der Waals surface area contributed by atoms with E-state index in [0.29, 0.717) is 0 Å². The van der Waals surface area contributed by atoms with E-state index >= 15 is 0 Å². The molecular formula is C10H9NNa2O6S. The summed E-state index contributed by atoms with van der Waals surface area (Å²) in [5.41, 5.74) is 0. The molecule has 0 fully saturated rings. The zero-order valence-corrected chi connectivity index (χ0v) is 15.8. The molecule has 1 rings (SSSR count). The third-order valence-corrected chi connectivity index (χ3v) is 3.49. The summed E-state index contributed by atoms with van der Waals surface area (Å²) in [5, 5.41) is 20.9. The van der Waals surface area contributed by atoms with Crippen LogP contribution in [0.2, 0.25) is 0 Å². The molecule has 10 heteroatoms. The van der Waals surface area contributed by atoms with Crippen molar-refractivity contribution in [1.29, 1.82) is 0 Å². The van der Waals surface area contributed by atoms with Crippen LogP contribution >= 0.6 is 0 Å². The van der Waals surface area contributed by atoms with E-state index in [1.54, 1.807) is 10.8 Å². The van der Waals surface area contributed by atoms with Gasteiger partial charge in [0.05, 0.1) is 16.9 Å². The summed E-state index contributed by atoms with van der Waals surface area (Å²) in [6.45, 7) is 0. The average Bonchev–Trinajstić information content (AvgIpc) is 2.28. The second-order valence-corrected chi connectivity index (χ2v) is 5.10. The third-order valence-electron chi connectivity index (χ3n) is 2.01. The number of carbonyl (C=O) groups excluding carboxylic acids is 2. The van der Waals surface area contributed by atoms with Crippen LogP contribution < -0.4 is 74.0 Å². The van der Waals surface area contributed by atoms with E-state index in [9.17, 15) is 28.2 Å². The number of aliphatic carboxylic acids is 2. The molecule has 1 N–H and O–H groups in total. The van der Waals surface area contributed by atoms with Gasteiger partial charge in [0.15, 0.2) is 0 Å². The van der Waals surface area contributed by atoms with E-state index in [4.69, 9.17) is 0 Å². The van der Waals surface area contributed by atoms with Crippen LogP contribution in [-0.2, 0) is 19.6 Å². The second-order valence-electron chi connectivity index (χ2n) is 3.38. The van der Waals surface area contributed by atoms with Gasteiger partial charge in [-0.05, 0) is 12.1 Å². The van der Waals surface area contributed by atoms with Crippen molar-refractivity contribution < 1.29 is 87.3 Å². The van der Waals surface area contributed by atoms with Crippen LogP contribution in [-0.4, -0.2) is 26.4 Å². The summed E-state index contributed by atoms with van der Waals surface area (Å²) in [5.74, 6) is -3.53. The van der Waals surface area contributed by atoms with Crippen molar-refractivity contribution >= 4 is 22.0 Å². The zero-order valence-electron chi connectivity index (χ0n) is 11.0. The molecule has 0 aromatic heterocycles. The Morgan fingerprint density at radius 3 is 2.00 bits per heavy atom. The minimum atomic E-state index is -4.11. The van der Waals surface area contributed by atoms with E-state index in [0.717, 1.165) is 0 Å². The normalized spacial score (nSPS) is 11.6. The number of carboxylic acids is 2. The largest absolute Gasteiger partial charge is 1.00 e. The molecule has 0 heterocycles. The second kappa shape index (κ2) is 9.91. The Labute approximate surface area is 160 Å². The van der Waals surface area contributed by atoms with Crippen LogP contribution in [0.1, 0.15) is 6.42 Å². The molecule has 0 saturated carbocycles. The molecule has 0 aliphatic rings. The molecule has 1 atom stereocenters. The Morgan fingerprint density at radius 1 is 1.10 bits per heavy atom. The first-order chi connectivity index (χ1) is 8.33. The fourth-order valence-corrected chi connectivity index (χ4v) is 2.40. The van der Waals surface area contributed by atoms with Crippen molar-refractivity contribution in [2.24, 2.45) is 0 Å². The van der Waals surface area contributed by atoms with Gasteiger partial charge in [-0.2, -0.15) is 0 Å². The zero-order chi connectivity index (χ0) is 13.8. The standard InChI is InChI=1S/C10H11NO6S.2Na/c12-9(13)6-8(10(14)15)11-18(16,17)7-4-2-1-3-5-7;;/h1-5,8,11H,6H2,(H,12,13)(H,14,15);;/q;2*+1/p-2/t8-;;/m0../s1. The topological polar surface area (TPSA) is 126 Å². The molecule has 0 unspecified atom stereocenters. The van der Waals surface area contributed by atoms with Gasteiger partial charge in [0, 0.05) is 12.4 Å². The molecule has 0 spiro atoms. The minimum absolute atomic E-state index is 0. The molecule has 0 bridgehead atoms. The van der Waals surface area contributed by atoms with Gasteiger partial charge in [-0.25, -0.2) is 13.1 Å². The van der Waals surface area contributed by atoms with Crippen molar-refractivity contribution in [1.82, 2.24) is 4.72 Å². The SMILES string of the molecule is O=C([O-])C[C@H](NS(=O)(=O)c1ccccc1)C(=O)[O-].[Na+].[Na+]. The fourth-order valence-electron chi connectivity index (χ4n) is 1.19. The Kier molecular flexibility index (Phi) is 11.1. The molecule has 20 heavy (non-hydrogen) atoms. The molecule has 1 aromatic rings. The van der Waals surface area contributed by atoms with Crippen LogP contribution in [0.15, 0.2) is 35.2 Å². The van der Waals surface area contributed by atoms with Gasteiger partial charge in [0.1, 0.15) is 0 Å². The van der Waals surface area contributed by atoms with E-state index in [1.165, 1.54) is 24.3 Å². The summed E-state index contributed by atoms with van der Waals surface area (Å²) in [6, 6.07) is 5.08. The number of nitrogens with one attached hydrogen (secondary N) is 1. The van der Waals surface area contributed by atoms with Crippen LogP contribution in [0.25, 0.3) is 0 Å². The predicted molar refractivity (Wildman–Crippen MR) is 55.2 cm³/mol. The van der Waals surface area contributed by atoms with Crippen molar-refractivity contribution in [3.8, 4) is 0 Å². The van der Waals surface area contributed by atoms with Gasteiger partial charge in [-0.3, -0.25) is 0 Å². The van der Waals surface area contributed by atoms with Crippen LogP contribution in [0.3, 0.4) is 0 Å². The summed E-state index contributed by atoms with van der Waals surface area (Å²) < 4.78 is 25.2. The quantitative estimate of drug-likeness (QED) is 0.519. The van der Waals surface area contributed by atoms with Gasteiger partial charge in [-0.1, -0.05) is 18.2 Å². The molecule has 0 amide bonds. The Morgan fingerprint density at radius 2 is 1.60 bits per heavy atom. The number of carboxylic acid groups (broad SMARTS) is 2. The van der Waals surface area contributed by atoms with Crippen molar-refractivity contribution in [3.63, 3.8) is 0 Å².